The van der Waals surface area contributed by atoms with Crippen molar-refractivity contribution >= 4 is 48.9 Å². The molecule has 0 aromatic rings. The van der Waals surface area contributed by atoms with Crippen LogP contribution in [0.25, 0.3) is 0 Å². The van der Waals surface area contributed by atoms with Gasteiger partial charge in [0.1, 0.15) is 0 Å². The summed E-state index contributed by atoms with van der Waals surface area (Å²) in [7, 11) is 0. The molecule has 90 valence electrons. The van der Waals surface area contributed by atoms with Crippen LogP contribution in [0.2, 0.25) is 0 Å². The third kappa shape index (κ3) is 211. The van der Waals surface area contributed by atoms with Gasteiger partial charge in [0.05, 0.1) is 0 Å². The molecule has 0 fully saturated rings. The molecule has 0 bridgehead atoms. The van der Waals surface area contributed by atoms with Crippen LogP contribution in [0.1, 0.15) is 0 Å². The molecule has 0 spiro atoms. The molecule has 0 nitrogen and oxygen atoms in total. The zero-order valence-electron chi connectivity index (χ0n) is 5.57. The molecule has 0 aliphatic rings. The summed E-state index contributed by atoms with van der Waals surface area (Å²) >= 11 is 0. The van der Waals surface area contributed by atoms with Crippen molar-refractivity contribution in [3.05, 3.63) is 0 Å². The Balaban J connectivity index is 0. The van der Waals surface area contributed by atoms with Crippen LogP contribution in [-0.2, 0) is 44.8 Å². The molecule has 6 radical (unpaired) electrons. The van der Waals surface area contributed by atoms with Crippen LogP contribution >= 0.6 is 0 Å². The van der Waals surface area contributed by atoms with Gasteiger partial charge in [-0.05, 0) is 0 Å². The monoisotopic (exact) mass is 874 g/mol. The molecule has 0 saturated carbocycles. The van der Waals surface area contributed by atoms with Crippen LogP contribution in [0, 0.1) is 0 Å². The first-order chi connectivity index (χ1) is 0. The van der Waals surface area contributed by atoms with Crippen molar-refractivity contribution in [2.75, 3.05) is 0 Å². The summed E-state index contributed by atoms with van der Waals surface area (Å²) < 4.78 is 0. The molecule has 0 aromatic heterocycles. The molecule has 0 aliphatic heterocycles. The van der Waals surface area contributed by atoms with Crippen molar-refractivity contribution in [2.24, 2.45) is 0 Å². The molecule has 0 heterocycles. The first-order valence-electron chi connectivity index (χ1n) is 0. The van der Waals surface area contributed by atoms with Gasteiger partial charge in [-0.2, -0.15) is 0 Å². The van der Waals surface area contributed by atoms with Crippen LogP contribution in [-0.4, -0.2) is 48.9 Å². The Morgan fingerprint density at radius 3 is 0.286 bits per heavy atom. The predicted molar refractivity (Wildman–Crippen MR) is 11.5 cm³/mol. The van der Waals surface area contributed by atoms with Crippen molar-refractivity contribution in [3.63, 3.8) is 0 Å². The molecular weight excluding hydrogens is 878 g/mol. The van der Waals surface area contributed by atoms with Crippen molar-refractivity contribution in [1.29, 1.82) is 0 Å². The second kappa shape index (κ2) is 255. The Morgan fingerprint density at radius 1 is 0.286 bits per heavy atom. The van der Waals surface area contributed by atoms with E-state index < -0.39 is 0 Å². The van der Waals surface area contributed by atoms with Gasteiger partial charge in [0.15, 0.2) is 0 Å². The average Bonchev–Trinajstić information content (AvgIpc) is 0. The van der Waals surface area contributed by atoms with Crippen LogP contribution in [0.4, 0.5) is 0 Å². The minimum absolute atomic E-state index is 0. The molecule has 0 atom stereocenters. The number of halogens is 10. The van der Waals surface area contributed by atoms with E-state index in [0.29, 0.717) is 0 Å². The van der Waals surface area contributed by atoms with Gasteiger partial charge in [-0.1, -0.05) is 0 Å². The number of rotatable bonds is 0. The quantitative estimate of drug-likeness (QED) is 0.168. The second-order valence-electron chi connectivity index (χ2n) is 0. The summed E-state index contributed by atoms with van der Waals surface area (Å²) in [5.74, 6) is 0. The molecule has 0 rings (SSSR count). The van der Waals surface area contributed by atoms with E-state index in [-0.39, 0.29) is 179 Å². The van der Waals surface area contributed by atoms with E-state index in [1.807, 2.05) is 0 Å². The minimum Gasteiger partial charge on any atom is -1.00 e. The largest absolute Gasteiger partial charge is 5.00 e. The maximum absolute atomic E-state index is 0. The van der Waals surface area contributed by atoms with Gasteiger partial charge in [-0.25, -0.2) is 0 Å². The van der Waals surface area contributed by atoms with Crippen LogP contribution in [0.3, 0.4) is 0 Å². The Kier molecular flexibility index (Phi) is 5520. The van der Waals surface area contributed by atoms with Gasteiger partial charge < -0.3 is 85.6 Å². The van der Waals surface area contributed by atoms with Crippen molar-refractivity contribution in [1.82, 2.24) is 0 Å². The maximum atomic E-state index is 0. The van der Waals surface area contributed by atoms with Gasteiger partial charge in [0.25, 0.3) is 0 Å². The molecule has 0 aliphatic carbocycles. The second-order valence-corrected chi connectivity index (χ2v) is 0. The predicted octanol–water partition coefficient (Wildman–Crippen LogP) is -30.7. The molecule has 0 aromatic carbocycles. The number of hydrogen-bond donors (Lipinski definition) is 0. The fourth-order valence-corrected chi connectivity index (χ4v) is 0. The Hall–Kier alpha value is 4.22. The van der Waals surface area contributed by atoms with E-state index in [0.717, 1.165) is 0 Å². The van der Waals surface area contributed by atoms with Gasteiger partial charge in [0, 0.05) is 48.9 Å². The van der Waals surface area contributed by atoms with E-state index >= 15 is 0 Å². The topological polar surface area (TPSA) is 0 Å². The summed E-state index contributed by atoms with van der Waals surface area (Å²) in [4.78, 5) is 0. The van der Waals surface area contributed by atoms with E-state index in [9.17, 15) is 0 Å². The summed E-state index contributed by atoms with van der Waals surface area (Å²) in [6, 6.07) is 0. The van der Waals surface area contributed by atoms with Gasteiger partial charge >= 0.3 is 44.8 Å². The smallest absolute Gasteiger partial charge is 1.00 e. The molecule has 0 N–H and O–H groups in total. The van der Waals surface area contributed by atoms with Gasteiger partial charge in [-0.15, -0.1) is 0 Å². The third-order valence-corrected chi connectivity index (χ3v) is 0. The van der Waals surface area contributed by atoms with Crippen molar-refractivity contribution in [3.8, 4) is 0 Å². The van der Waals surface area contributed by atoms with Crippen LogP contribution in [0.5, 0.6) is 0 Å². The zero-order valence-corrected chi connectivity index (χ0v) is 20.9. The fourth-order valence-electron chi connectivity index (χ4n) is 0. The van der Waals surface area contributed by atoms with E-state index in [2.05, 4.69) is 0 Å². The summed E-state index contributed by atoms with van der Waals surface area (Å²) in [5, 5.41) is 0. The fraction of sp³-hybridized carbons (Fsp3) is 0. The first kappa shape index (κ1) is 304. The summed E-state index contributed by atoms with van der Waals surface area (Å²) in [6.45, 7) is 0. The van der Waals surface area contributed by atoms with Gasteiger partial charge in [-0.3, -0.25) is 0 Å². The number of hydrogen-bond acceptors (Lipinski definition) is 0. The third-order valence-electron chi connectivity index (χ3n) is 0. The summed E-state index contributed by atoms with van der Waals surface area (Å²) in [5.41, 5.74) is 0. The van der Waals surface area contributed by atoms with E-state index in [1.165, 1.54) is 0 Å². The molecule has 14 heavy (non-hydrogen) atoms. The van der Waals surface area contributed by atoms with Crippen molar-refractivity contribution < 1.29 is 130 Å². The molecule has 0 unspecified atom stereocenters. The average molecular weight is 878 g/mol. The standard InChI is InChI=1S/5ClH.5FH.2Sb.2Ta/h10*1H;;;;/q;;;;;;;;;;;;2*+5/p-10. The summed E-state index contributed by atoms with van der Waals surface area (Å²) in [6.07, 6.45) is 0. The minimum atomic E-state index is 0. The maximum Gasteiger partial charge on any atom is 5.00 e. The van der Waals surface area contributed by atoms with E-state index in [1.54, 1.807) is 0 Å². The first-order valence-corrected chi connectivity index (χ1v) is 0. The van der Waals surface area contributed by atoms with Crippen molar-refractivity contribution in [2.45, 2.75) is 0 Å². The normalized spacial score (nSPS) is 0. The Morgan fingerprint density at radius 2 is 0.286 bits per heavy atom. The molecule has 14 heteroatoms. The van der Waals surface area contributed by atoms with Crippen LogP contribution < -0.4 is 85.6 Å². The molecule has 0 amide bonds. The van der Waals surface area contributed by atoms with E-state index in [4.69, 9.17) is 0 Å². The SMILES string of the molecule is [Cl-].[Cl-].[Cl-].[Cl-].[Cl-].[F-].[F-].[F-].[F-].[F-].[Sb].[Sb].[Ta+5].[Ta+5]. The molecular formula is Cl5F5Sb2Ta2. The zero-order chi connectivity index (χ0) is 0. The molecule has 0 saturated heterocycles. The Labute approximate surface area is 176 Å². The van der Waals surface area contributed by atoms with Crippen LogP contribution in [0.15, 0.2) is 0 Å². The Bertz CT molecular complexity index is 26.1. The van der Waals surface area contributed by atoms with Gasteiger partial charge in [0.2, 0.25) is 0 Å².